The van der Waals surface area contributed by atoms with Crippen LogP contribution in [0.4, 0.5) is 0 Å². The van der Waals surface area contributed by atoms with Gasteiger partial charge in [0.05, 0.1) is 16.9 Å². The predicted octanol–water partition coefficient (Wildman–Crippen LogP) is 3.02. The fourth-order valence-corrected chi connectivity index (χ4v) is 3.06. The van der Waals surface area contributed by atoms with Crippen molar-refractivity contribution in [3.05, 3.63) is 29.8 Å². The first-order valence-electron chi connectivity index (χ1n) is 5.85. The highest BCUT2D eigenvalue weighted by atomic mass is 32.2. The van der Waals surface area contributed by atoms with Gasteiger partial charge in [-0.2, -0.15) is 0 Å². The van der Waals surface area contributed by atoms with Gasteiger partial charge < -0.3 is 4.74 Å². The summed E-state index contributed by atoms with van der Waals surface area (Å²) in [6.07, 6.45) is 3.59. The zero-order valence-electron chi connectivity index (χ0n) is 9.81. The molecule has 88 valence electrons. The SMILES string of the molecule is CCCC[C@H]1O[C@H]1[S@@](=O)c1ccc(C)cc1. The van der Waals surface area contributed by atoms with Gasteiger partial charge in [-0.1, -0.05) is 37.5 Å². The Balaban J connectivity index is 1.92. The number of aryl methyl sites for hydroxylation is 1. The molecule has 16 heavy (non-hydrogen) atoms. The normalized spacial score (nSPS) is 25.4. The summed E-state index contributed by atoms with van der Waals surface area (Å²) in [5, 5.41) is 0. The van der Waals surface area contributed by atoms with Crippen molar-refractivity contribution in [2.75, 3.05) is 0 Å². The van der Waals surface area contributed by atoms with Crippen molar-refractivity contribution >= 4 is 10.8 Å². The molecule has 2 nitrogen and oxygen atoms in total. The molecule has 1 aromatic carbocycles. The van der Waals surface area contributed by atoms with Gasteiger partial charge in [0.25, 0.3) is 0 Å². The van der Waals surface area contributed by atoms with Crippen LogP contribution >= 0.6 is 0 Å². The minimum Gasteiger partial charge on any atom is -0.355 e. The van der Waals surface area contributed by atoms with Gasteiger partial charge in [0.15, 0.2) is 5.44 Å². The Morgan fingerprint density at radius 1 is 1.31 bits per heavy atom. The number of hydrogen-bond acceptors (Lipinski definition) is 2. The van der Waals surface area contributed by atoms with Gasteiger partial charge in [-0.25, -0.2) is 0 Å². The Labute approximate surface area is 99.5 Å². The lowest BCUT2D eigenvalue weighted by Crippen LogP contribution is -2.03. The highest BCUT2D eigenvalue weighted by Gasteiger charge is 2.43. The molecule has 1 fully saturated rings. The molecule has 3 heteroatoms. The van der Waals surface area contributed by atoms with E-state index in [9.17, 15) is 4.21 Å². The summed E-state index contributed by atoms with van der Waals surface area (Å²) < 4.78 is 17.5. The van der Waals surface area contributed by atoms with Crippen LogP contribution in [-0.2, 0) is 15.5 Å². The Bertz CT molecular complexity index is 372. The maximum Gasteiger partial charge on any atom is 0.163 e. The van der Waals surface area contributed by atoms with E-state index >= 15 is 0 Å². The van der Waals surface area contributed by atoms with E-state index in [1.54, 1.807) is 0 Å². The first-order chi connectivity index (χ1) is 7.72. The van der Waals surface area contributed by atoms with Crippen LogP contribution in [0.25, 0.3) is 0 Å². The smallest absolute Gasteiger partial charge is 0.163 e. The highest BCUT2D eigenvalue weighted by Crippen LogP contribution is 2.33. The molecule has 1 aliphatic heterocycles. The average molecular weight is 238 g/mol. The summed E-state index contributed by atoms with van der Waals surface area (Å²) in [5.41, 5.74) is 1.13. The summed E-state index contributed by atoms with van der Waals surface area (Å²) in [5.74, 6) is 0. The van der Waals surface area contributed by atoms with E-state index in [2.05, 4.69) is 6.92 Å². The minimum absolute atomic E-state index is 0.0609. The molecule has 0 amide bonds. The fourth-order valence-electron chi connectivity index (χ4n) is 1.73. The van der Waals surface area contributed by atoms with Crippen LogP contribution in [0.2, 0.25) is 0 Å². The second-order valence-corrected chi connectivity index (χ2v) is 5.83. The molecular weight excluding hydrogens is 220 g/mol. The number of benzene rings is 1. The third-order valence-corrected chi connectivity index (χ3v) is 4.42. The first-order valence-corrected chi connectivity index (χ1v) is 7.06. The number of unbranched alkanes of at least 4 members (excludes halogenated alkanes) is 1. The average Bonchev–Trinajstić information content (AvgIpc) is 3.06. The van der Waals surface area contributed by atoms with E-state index in [1.165, 1.54) is 12.0 Å². The van der Waals surface area contributed by atoms with Crippen molar-refractivity contribution in [3.63, 3.8) is 0 Å². The summed E-state index contributed by atoms with van der Waals surface area (Å²) in [6, 6.07) is 7.86. The van der Waals surface area contributed by atoms with E-state index in [4.69, 9.17) is 4.74 Å². The number of epoxide rings is 1. The maximum atomic E-state index is 12.1. The Morgan fingerprint density at radius 2 is 2.00 bits per heavy atom. The zero-order valence-corrected chi connectivity index (χ0v) is 10.6. The fraction of sp³-hybridized carbons (Fsp3) is 0.538. The van der Waals surface area contributed by atoms with Crippen molar-refractivity contribution in [2.45, 2.75) is 49.5 Å². The van der Waals surface area contributed by atoms with Crippen molar-refractivity contribution < 1.29 is 8.95 Å². The van der Waals surface area contributed by atoms with E-state index in [1.807, 2.05) is 31.2 Å². The molecule has 0 unspecified atom stereocenters. The quantitative estimate of drug-likeness (QED) is 0.738. The van der Waals surface area contributed by atoms with Crippen LogP contribution in [-0.4, -0.2) is 15.7 Å². The number of rotatable bonds is 5. The molecule has 1 heterocycles. The molecule has 0 aliphatic carbocycles. The second kappa shape index (κ2) is 5.11. The van der Waals surface area contributed by atoms with Crippen LogP contribution in [0, 0.1) is 6.92 Å². The van der Waals surface area contributed by atoms with Gasteiger partial charge >= 0.3 is 0 Å². The van der Waals surface area contributed by atoms with Gasteiger partial charge in [-0.15, -0.1) is 0 Å². The molecule has 0 N–H and O–H groups in total. The Kier molecular flexibility index (Phi) is 3.77. The van der Waals surface area contributed by atoms with Crippen molar-refractivity contribution in [1.82, 2.24) is 0 Å². The third-order valence-electron chi connectivity index (χ3n) is 2.84. The van der Waals surface area contributed by atoms with Crippen molar-refractivity contribution in [3.8, 4) is 0 Å². The van der Waals surface area contributed by atoms with Crippen molar-refractivity contribution in [2.24, 2.45) is 0 Å². The standard InChI is InChI=1S/C13H18O2S/c1-3-4-5-12-13(15-12)16(14)11-8-6-10(2)7-9-11/h6-9,12-13H,3-5H2,1-2H3/t12-,13+,16+/m1/s1. The van der Waals surface area contributed by atoms with Gasteiger partial charge in [0.2, 0.25) is 0 Å². The summed E-state index contributed by atoms with van der Waals surface area (Å²) >= 11 is 0. The van der Waals surface area contributed by atoms with E-state index in [0.717, 1.165) is 17.7 Å². The maximum absolute atomic E-state index is 12.1. The molecule has 0 bridgehead atoms. The molecule has 0 aromatic heterocycles. The van der Waals surface area contributed by atoms with Crippen molar-refractivity contribution in [1.29, 1.82) is 0 Å². The second-order valence-electron chi connectivity index (χ2n) is 4.30. The minimum atomic E-state index is -0.988. The van der Waals surface area contributed by atoms with E-state index in [-0.39, 0.29) is 11.5 Å². The molecule has 3 atom stereocenters. The van der Waals surface area contributed by atoms with Crippen LogP contribution < -0.4 is 0 Å². The number of hydrogen-bond donors (Lipinski definition) is 0. The third kappa shape index (κ3) is 2.71. The van der Waals surface area contributed by atoms with Gasteiger partial charge in [-0.3, -0.25) is 4.21 Å². The molecule has 0 saturated carbocycles. The zero-order chi connectivity index (χ0) is 11.5. The highest BCUT2D eigenvalue weighted by molar-refractivity contribution is 7.85. The van der Waals surface area contributed by atoms with Gasteiger partial charge in [-0.05, 0) is 25.5 Å². The summed E-state index contributed by atoms with van der Waals surface area (Å²) in [7, 11) is -0.988. The monoisotopic (exact) mass is 238 g/mol. The Hall–Kier alpha value is -0.670. The molecule has 0 radical (unpaired) electrons. The lowest BCUT2D eigenvalue weighted by atomic mass is 10.2. The van der Waals surface area contributed by atoms with Crippen LogP contribution in [0.1, 0.15) is 31.7 Å². The van der Waals surface area contributed by atoms with Crippen LogP contribution in [0.5, 0.6) is 0 Å². The van der Waals surface area contributed by atoms with Crippen LogP contribution in [0.3, 0.4) is 0 Å². The van der Waals surface area contributed by atoms with E-state index in [0.29, 0.717) is 0 Å². The topological polar surface area (TPSA) is 29.6 Å². The molecule has 2 rings (SSSR count). The largest absolute Gasteiger partial charge is 0.355 e. The van der Waals surface area contributed by atoms with Gasteiger partial charge in [0.1, 0.15) is 0 Å². The molecular formula is C13H18O2S. The first kappa shape index (κ1) is 11.8. The molecule has 1 aliphatic rings. The summed E-state index contributed by atoms with van der Waals surface area (Å²) in [6.45, 7) is 4.19. The van der Waals surface area contributed by atoms with Gasteiger partial charge in [0, 0.05) is 4.90 Å². The molecule has 0 spiro atoms. The van der Waals surface area contributed by atoms with Crippen LogP contribution in [0.15, 0.2) is 29.2 Å². The lowest BCUT2D eigenvalue weighted by Gasteiger charge is -1.99. The van der Waals surface area contributed by atoms with E-state index < -0.39 is 10.8 Å². The number of ether oxygens (including phenoxy) is 1. The lowest BCUT2D eigenvalue weighted by molar-refractivity contribution is 0.382. The predicted molar refractivity (Wildman–Crippen MR) is 65.8 cm³/mol. The summed E-state index contributed by atoms with van der Waals surface area (Å²) in [4.78, 5) is 0.884. The molecule has 1 aromatic rings. The molecule has 1 saturated heterocycles. The Morgan fingerprint density at radius 3 is 2.62 bits per heavy atom.